The van der Waals surface area contributed by atoms with Crippen LogP contribution < -0.4 is 4.90 Å². The van der Waals surface area contributed by atoms with Crippen molar-refractivity contribution >= 4 is 29.1 Å². The number of nitrogens with zero attached hydrogens (tertiary/aromatic N) is 2. The van der Waals surface area contributed by atoms with Crippen molar-refractivity contribution in [1.29, 1.82) is 0 Å². The molecular formula is C22H24N2O4. The lowest BCUT2D eigenvalue weighted by atomic mass is 9.96. The van der Waals surface area contributed by atoms with Crippen LogP contribution in [0.1, 0.15) is 36.6 Å². The van der Waals surface area contributed by atoms with Gasteiger partial charge in [0.15, 0.2) is 6.04 Å². The number of esters is 2. The summed E-state index contributed by atoms with van der Waals surface area (Å²) in [5.41, 5.74) is 3.80. The summed E-state index contributed by atoms with van der Waals surface area (Å²) in [4.78, 5) is 32.1. The Morgan fingerprint density at radius 3 is 2.32 bits per heavy atom. The molecule has 0 saturated heterocycles. The molecule has 0 aromatic heterocycles. The number of anilines is 1. The Labute approximate surface area is 164 Å². The first-order valence-electron chi connectivity index (χ1n) is 9.36. The zero-order valence-corrected chi connectivity index (χ0v) is 16.6. The summed E-state index contributed by atoms with van der Waals surface area (Å²) < 4.78 is 10.6. The first-order valence-corrected chi connectivity index (χ1v) is 9.36. The summed E-state index contributed by atoms with van der Waals surface area (Å²) in [6, 6.07) is 12.3. The lowest BCUT2D eigenvalue weighted by Crippen LogP contribution is -2.46. The fourth-order valence-corrected chi connectivity index (χ4v) is 3.36. The Hall–Kier alpha value is -3.15. The standard InChI is InChI=1S/C22H24N2O4/c1-5-27-21(25)19-16-12-9-11-15(4)18(16)23-20(22(26)28-6-2)24(19)17-13-8-7-10-14(17)3/h7-13,19H,5-6H2,1-4H3. The van der Waals surface area contributed by atoms with E-state index >= 15 is 0 Å². The van der Waals surface area contributed by atoms with Gasteiger partial charge in [0.05, 0.1) is 18.9 Å². The van der Waals surface area contributed by atoms with Crippen LogP contribution in [0.3, 0.4) is 0 Å². The summed E-state index contributed by atoms with van der Waals surface area (Å²) >= 11 is 0. The highest BCUT2D eigenvalue weighted by atomic mass is 16.5. The van der Waals surface area contributed by atoms with Gasteiger partial charge in [-0.2, -0.15) is 0 Å². The molecule has 146 valence electrons. The molecule has 0 amide bonds. The van der Waals surface area contributed by atoms with Crippen LogP contribution in [0, 0.1) is 13.8 Å². The predicted molar refractivity (Wildman–Crippen MR) is 108 cm³/mol. The number of hydrogen-bond acceptors (Lipinski definition) is 6. The first kappa shape index (κ1) is 19.6. The summed E-state index contributed by atoms with van der Waals surface area (Å²) in [5, 5.41) is 0. The fourth-order valence-electron chi connectivity index (χ4n) is 3.36. The molecule has 2 aromatic rings. The highest BCUT2D eigenvalue weighted by molar-refractivity contribution is 6.42. The number of rotatable bonds is 5. The van der Waals surface area contributed by atoms with E-state index in [4.69, 9.17) is 9.47 Å². The predicted octanol–water partition coefficient (Wildman–Crippen LogP) is 4.02. The normalized spacial score (nSPS) is 15.5. The number of aryl methyl sites for hydroxylation is 2. The van der Waals surface area contributed by atoms with Gasteiger partial charge in [0, 0.05) is 11.3 Å². The molecule has 0 bridgehead atoms. The smallest absolute Gasteiger partial charge is 0.374 e. The molecule has 1 heterocycles. The second-order valence-corrected chi connectivity index (χ2v) is 6.48. The minimum Gasteiger partial charge on any atom is -0.464 e. The van der Waals surface area contributed by atoms with Crippen LogP contribution >= 0.6 is 0 Å². The zero-order valence-electron chi connectivity index (χ0n) is 16.6. The Morgan fingerprint density at radius 2 is 1.64 bits per heavy atom. The second-order valence-electron chi connectivity index (χ2n) is 6.48. The van der Waals surface area contributed by atoms with Crippen LogP contribution in [0.5, 0.6) is 0 Å². The van der Waals surface area contributed by atoms with Crippen molar-refractivity contribution in [2.24, 2.45) is 4.99 Å². The first-order chi connectivity index (χ1) is 13.5. The molecule has 6 nitrogen and oxygen atoms in total. The SMILES string of the molecule is CCOC(=O)C1=Nc2c(C)cccc2C(C(=O)OCC)N1c1ccccc1C. The van der Waals surface area contributed by atoms with Crippen LogP contribution in [-0.4, -0.2) is 31.0 Å². The summed E-state index contributed by atoms with van der Waals surface area (Å²) in [5.74, 6) is -0.931. The number of ether oxygens (including phenoxy) is 2. The van der Waals surface area contributed by atoms with Crippen LogP contribution in [0.4, 0.5) is 11.4 Å². The van der Waals surface area contributed by atoms with E-state index in [2.05, 4.69) is 4.99 Å². The van der Waals surface area contributed by atoms with Gasteiger partial charge in [-0.15, -0.1) is 0 Å². The third-order valence-corrected chi connectivity index (χ3v) is 4.61. The summed E-state index contributed by atoms with van der Waals surface area (Å²) in [6.07, 6.45) is 0. The molecule has 1 atom stereocenters. The Balaban J connectivity index is 2.28. The van der Waals surface area contributed by atoms with Crippen LogP contribution in [0.15, 0.2) is 47.5 Å². The minimum absolute atomic E-state index is 0.0796. The maximum atomic E-state index is 13.0. The van der Waals surface area contributed by atoms with Gasteiger partial charge < -0.3 is 14.4 Å². The lowest BCUT2D eigenvalue weighted by Gasteiger charge is -2.36. The molecule has 0 saturated carbocycles. The van der Waals surface area contributed by atoms with Crippen molar-refractivity contribution in [2.45, 2.75) is 33.7 Å². The number of amidine groups is 1. The van der Waals surface area contributed by atoms with Crippen LogP contribution in [-0.2, 0) is 19.1 Å². The largest absolute Gasteiger partial charge is 0.464 e. The van der Waals surface area contributed by atoms with E-state index in [0.717, 1.165) is 11.1 Å². The van der Waals surface area contributed by atoms with Gasteiger partial charge in [-0.1, -0.05) is 36.4 Å². The van der Waals surface area contributed by atoms with E-state index in [1.54, 1.807) is 18.7 Å². The van der Waals surface area contributed by atoms with Crippen molar-refractivity contribution in [3.8, 4) is 0 Å². The molecule has 0 radical (unpaired) electrons. The zero-order chi connectivity index (χ0) is 20.3. The molecule has 0 aliphatic carbocycles. The van der Waals surface area contributed by atoms with Gasteiger partial charge in [-0.05, 0) is 44.9 Å². The molecule has 6 heteroatoms. The number of carbonyl (C=O) groups excluding carboxylic acids is 2. The molecule has 0 N–H and O–H groups in total. The molecule has 0 fully saturated rings. The number of fused-ring (bicyclic) bond motifs is 1. The number of carbonyl (C=O) groups is 2. The number of para-hydroxylation sites is 2. The minimum atomic E-state index is -0.826. The maximum Gasteiger partial charge on any atom is 0.374 e. The molecule has 1 aliphatic rings. The van der Waals surface area contributed by atoms with Gasteiger partial charge >= 0.3 is 11.9 Å². The van der Waals surface area contributed by atoms with E-state index in [9.17, 15) is 9.59 Å². The number of aliphatic imine (C=N–C) groups is 1. The highest BCUT2D eigenvalue weighted by Crippen LogP contribution is 2.41. The Morgan fingerprint density at radius 1 is 0.964 bits per heavy atom. The highest BCUT2D eigenvalue weighted by Gasteiger charge is 2.41. The van der Waals surface area contributed by atoms with Crippen LogP contribution in [0.2, 0.25) is 0 Å². The van der Waals surface area contributed by atoms with E-state index in [1.807, 2.05) is 56.3 Å². The second kappa shape index (κ2) is 8.25. The average molecular weight is 380 g/mol. The van der Waals surface area contributed by atoms with Crippen molar-refractivity contribution in [3.05, 3.63) is 59.2 Å². The molecular weight excluding hydrogens is 356 g/mol. The van der Waals surface area contributed by atoms with Gasteiger partial charge in [0.1, 0.15) is 0 Å². The monoisotopic (exact) mass is 380 g/mol. The molecule has 2 aromatic carbocycles. The topological polar surface area (TPSA) is 68.2 Å². The van der Waals surface area contributed by atoms with E-state index in [-0.39, 0.29) is 19.0 Å². The van der Waals surface area contributed by atoms with Crippen molar-refractivity contribution < 1.29 is 19.1 Å². The number of hydrogen-bond donors (Lipinski definition) is 0. The van der Waals surface area contributed by atoms with E-state index in [1.165, 1.54) is 0 Å². The third-order valence-electron chi connectivity index (χ3n) is 4.61. The molecule has 1 aliphatic heterocycles. The van der Waals surface area contributed by atoms with Gasteiger partial charge in [-0.25, -0.2) is 14.6 Å². The van der Waals surface area contributed by atoms with E-state index < -0.39 is 18.0 Å². The molecule has 3 rings (SSSR count). The Bertz CT molecular complexity index is 936. The quantitative estimate of drug-likeness (QED) is 0.733. The molecule has 28 heavy (non-hydrogen) atoms. The lowest BCUT2D eigenvalue weighted by molar-refractivity contribution is -0.144. The van der Waals surface area contributed by atoms with Crippen LogP contribution in [0.25, 0.3) is 0 Å². The summed E-state index contributed by atoms with van der Waals surface area (Å²) in [7, 11) is 0. The summed E-state index contributed by atoms with van der Waals surface area (Å²) in [6.45, 7) is 7.77. The molecule has 1 unspecified atom stereocenters. The van der Waals surface area contributed by atoms with Crippen molar-refractivity contribution in [3.63, 3.8) is 0 Å². The third kappa shape index (κ3) is 3.50. The van der Waals surface area contributed by atoms with Crippen molar-refractivity contribution in [1.82, 2.24) is 0 Å². The molecule has 0 spiro atoms. The fraction of sp³-hybridized carbons (Fsp3) is 0.318. The number of benzene rings is 2. The Kier molecular flexibility index (Phi) is 5.78. The maximum absolute atomic E-state index is 13.0. The average Bonchev–Trinajstić information content (AvgIpc) is 2.68. The van der Waals surface area contributed by atoms with Gasteiger partial charge in [0.2, 0.25) is 5.84 Å². The van der Waals surface area contributed by atoms with Crippen molar-refractivity contribution in [2.75, 3.05) is 18.1 Å². The van der Waals surface area contributed by atoms with E-state index in [0.29, 0.717) is 16.9 Å². The van der Waals surface area contributed by atoms with Gasteiger partial charge in [0.25, 0.3) is 0 Å². The van der Waals surface area contributed by atoms with Gasteiger partial charge in [-0.3, -0.25) is 0 Å².